The van der Waals surface area contributed by atoms with Gasteiger partial charge in [-0.05, 0) is 11.6 Å². The second kappa shape index (κ2) is 6.22. The first-order chi connectivity index (χ1) is 9.83. The Balaban J connectivity index is 1.72. The van der Waals surface area contributed by atoms with Gasteiger partial charge in [0.25, 0.3) is 0 Å². The molecule has 0 unspecified atom stereocenters. The first kappa shape index (κ1) is 13.4. The molecule has 0 radical (unpaired) electrons. The maximum Gasteiger partial charge on any atom is 0.187 e. The summed E-state index contributed by atoms with van der Waals surface area (Å²) in [6.45, 7) is 1.61. The van der Waals surface area contributed by atoms with Crippen LogP contribution in [0.15, 0.2) is 42.6 Å². The molecule has 104 valence electrons. The number of ether oxygens (including phenoxy) is 3. The maximum atomic E-state index is 6.07. The van der Waals surface area contributed by atoms with Crippen molar-refractivity contribution in [2.75, 3.05) is 13.2 Å². The van der Waals surface area contributed by atoms with Crippen LogP contribution in [0.5, 0.6) is 5.75 Å². The first-order valence-electron chi connectivity index (χ1n) is 6.38. The number of benzene rings is 1. The topological polar surface area (TPSA) is 40.6 Å². The molecule has 1 aromatic heterocycles. The third-order valence-electron chi connectivity index (χ3n) is 2.97. The third-order valence-corrected chi connectivity index (χ3v) is 3.28. The third kappa shape index (κ3) is 3.10. The fourth-order valence-electron chi connectivity index (χ4n) is 1.97. The fourth-order valence-corrected chi connectivity index (χ4v) is 2.16. The lowest BCUT2D eigenvalue weighted by Crippen LogP contribution is -2.02. The molecule has 2 aromatic rings. The number of rotatable bonds is 4. The van der Waals surface area contributed by atoms with E-state index in [9.17, 15) is 0 Å². The Bertz CT molecular complexity index is 571. The van der Waals surface area contributed by atoms with E-state index in [1.165, 1.54) is 0 Å². The van der Waals surface area contributed by atoms with E-state index in [-0.39, 0.29) is 0 Å². The molecule has 0 atom stereocenters. The van der Waals surface area contributed by atoms with E-state index in [0.29, 0.717) is 36.3 Å². The molecule has 3 rings (SSSR count). The minimum absolute atomic E-state index is 0.379. The molecule has 0 spiro atoms. The molecule has 0 bridgehead atoms. The Hall–Kier alpha value is -1.62. The number of hydrogen-bond acceptors (Lipinski definition) is 4. The molecular formula is C15H14ClNO3. The van der Waals surface area contributed by atoms with Gasteiger partial charge in [0.15, 0.2) is 6.29 Å². The summed E-state index contributed by atoms with van der Waals surface area (Å²) < 4.78 is 16.6. The molecule has 1 aromatic carbocycles. The SMILES string of the molecule is Clc1ncc(OCc2ccccc2)cc1C1OCCO1. The normalized spacial score (nSPS) is 15.4. The number of nitrogens with zero attached hydrogens (tertiary/aromatic N) is 1. The largest absolute Gasteiger partial charge is 0.487 e. The molecule has 0 aliphatic carbocycles. The van der Waals surface area contributed by atoms with Gasteiger partial charge in [-0.2, -0.15) is 0 Å². The predicted molar refractivity (Wildman–Crippen MR) is 74.7 cm³/mol. The van der Waals surface area contributed by atoms with E-state index in [1.807, 2.05) is 36.4 Å². The lowest BCUT2D eigenvalue weighted by Gasteiger charge is -2.13. The van der Waals surface area contributed by atoms with Gasteiger partial charge in [-0.25, -0.2) is 4.98 Å². The van der Waals surface area contributed by atoms with Gasteiger partial charge in [0.05, 0.1) is 19.4 Å². The van der Waals surface area contributed by atoms with Crippen molar-refractivity contribution in [1.29, 1.82) is 0 Å². The van der Waals surface area contributed by atoms with Crippen molar-refractivity contribution in [3.8, 4) is 5.75 Å². The van der Waals surface area contributed by atoms with Crippen molar-refractivity contribution in [3.05, 3.63) is 58.9 Å². The Morgan fingerprint density at radius 3 is 2.70 bits per heavy atom. The van der Waals surface area contributed by atoms with Gasteiger partial charge in [0, 0.05) is 5.56 Å². The van der Waals surface area contributed by atoms with Crippen LogP contribution in [-0.4, -0.2) is 18.2 Å². The number of halogens is 1. The number of pyridine rings is 1. The average Bonchev–Trinajstić information content (AvgIpc) is 3.01. The number of aromatic nitrogens is 1. The second-order valence-corrected chi connectivity index (χ2v) is 4.76. The zero-order chi connectivity index (χ0) is 13.8. The van der Waals surface area contributed by atoms with Crippen molar-refractivity contribution in [3.63, 3.8) is 0 Å². The molecule has 1 aliphatic heterocycles. The van der Waals surface area contributed by atoms with Crippen molar-refractivity contribution >= 4 is 11.6 Å². The van der Waals surface area contributed by atoms with E-state index in [0.717, 1.165) is 5.56 Å². The first-order valence-corrected chi connectivity index (χ1v) is 6.76. The lowest BCUT2D eigenvalue weighted by atomic mass is 10.2. The Kier molecular flexibility index (Phi) is 4.16. The van der Waals surface area contributed by atoms with E-state index < -0.39 is 6.29 Å². The molecule has 0 amide bonds. The molecule has 1 saturated heterocycles. The molecule has 0 N–H and O–H groups in total. The highest BCUT2D eigenvalue weighted by Crippen LogP contribution is 2.30. The molecule has 20 heavy (non-hydrogen) atoms. The zero-order valence-corrected chi connectivity index (χ0v) is 11.5. The van der Waals surface area contributed by atoms with Crippen LogP contribution in [0.25, 0.3) is 0 Å². The summed E-state index contributed by atoms with van der Waals surface area (Å²) in [5.41, 5.74) is 1.80. The lowest BCUT2D eigenvalue weighted by molar-refractivity contribution is -0.0444. The quantitative estimate of drug-likeness (QED) is 0.810. The van der Waals surface area contributed by atoms with Gasteiger partial charge in [0.1, 0.15) is 17.5 Å². The van der Waals surface area contributed by atoms with E-state index in [2.05, 4.69) is 4.98 Å². The predicted octanol–water partition coefficient (Wildman–Crippen LogP) is 3.36. The molecule has 4 nitrogen and oxygen atoms in total. The highest BCUT2D eigenvalue weighted by molar-refractivity contribution is 6.30. The Labute approximate surface area is 122 Å². The molecule has 0 saturated carbocycles. The van der Waals surface area contributed by atoms with Crippen LogP contribution in [0.2, 0.25) is 5.15 Å². The Morgan fingerprint density at radius 1 is 1.20 bits per heavy atom. The molecule has 1 fully saturated rings. The van der Waals surface area contributed by atoms with Crippen molar-refractivity contribution in [2.45, 2.75) is 12.9 Å². The highest BCUT2D eigenvalue weighted by atomic mass is 35.5. The van der Waals surface area contributed by atoms with Gasteiger partial charge >= 0.3 is 0 Å². The summed E-state index contributed by atoms with van der Waals surface area (Å²) >= 11 is 6.07. The van der Waals surface area contributed by atoms with Crippen LogP contribution >= 0.6 is 11.6 Å². The van der Waals surface area contributed by atoms with Crippen LogP contribution in [0.3, 0.4) is 0 Å². The van der Waals surface area contributed by atoms with Crippen molar-refractivity contribution < 1.29 is 14.2 Å². The maximum absolute atomic E-state index is 6.07. The summed E-state index contributed by atoms with van der Waals surface area (Å²) in [6, 6.07) is 11.8. The van der Waals surface area contributed by atoms with E-state index in [4.69, 9.17) is 25.8 Å². The van der Waals surface area contributed by atoms with Crippen LogP contribution in [-0.2, 0) is 16.1 Å². The minimum atomic E-state index is -0.449. The molecule has 1 aliphatic rings. The van der Waals surface area contributed by atoms with Gasteiger partial charge in [-0.3, -0.25) is 0 Å². The van der Waals surface area contributed by atoms with Crippen LogP contribution < -0.4 is 4.74 Å². The number of hydrogen-bond donors (Lipinski definition) is 0. The summed E-state index contributed by atoms with van der Waals surface area (Å²) in [6.07, 6.45) is 1.15. The van der Waals surface area contributed by atoms with Crippen LogP contribution in [0, 0.1) is 0 Å². The van der Waals surface area contributed by atoms with Crippen molar-refractivity contribution in [1.82, 2.24) is 4.98 Å². The van der Waals surface area contributed by atoms with Crippen LogP contribution in [0.4, 0.5) is 0 Å². The summed E-state index contributed by atoms with van der Waals surface area (Å²) in [7, 11) is 0. The Morgan fingerprint density at radius 2 is 1.95 bits per heavy atom. The molecular weight excluding hydrogens is 278 g/mol. The van der Waals surface area contributed by atoms with E-state index >= 15 is 0 Å². The monoisotopic (exact) mass is 291 g/mol. The van der Waals surface area contributed by atoms with Crippen LogP contribution in [0.1, 0.15) is 17.4 Å². The van der Waals surface area contributed by atoms with Gasteiger partial charge in [-0.1, -0.05) is 41.9 Å². The van der Waals surface area contributed by atoms with Gasteiger partial charge in [-0.15, -0.1) is 0 Å². The molecule has 2 heterocycles. The summed E-state index contributed by atoms with van der Waals surface area (Å²) in [4.78, 5) is 4.12. The van der Waals surface area contributed by atoms with Crippen molar-refractivity contribution in [2.24, 2.45) is 0 Å². The van der Waals surface area contributed by atoms with E-state index in [1.54, 1.807) is 6.20 Å². The summed E-state index contributed by atoms with van der Waals surface area (Å²) in [5.74, 6) is 0.646. The summed E-state index contributed by atoms with van der Waals surface area (Å²) in [5, 5.41) is 0.379. The van der Waals surface area contributed by atoms with Gasteiger partial charge < -0.3 is 14.2 Å². The smallest absolute Gasteiger partial charge is 0.187 e. The highest BCUT2D eigenvalue weighted by Gasteiger charge is 2.22. The second-order valence-electron chi connectivity index (χ2n) is 4.40. The fraction of sp³-hybridized carbons (Fsp3) is 0.267. The zero-order valence-electron chi connectivity index (χ0n) is 10.8. The van der Waals surface area contributed by atoms with Gasteiger partial charge in [0.2, 0.25) is 0 Å². The average molecular weight is 292 g/mol. The molecule has 5 heteroatoms. The standard InChI is InChI=1S/C15H14ClNO3/c16-14-13(15-18-6-7-19-15)8-12(9-17-14)20-10-11-4-2-1-3-5-11/h1-5,8-9,15H,6-7,10H2. The minimum Gasteiger partial charge on any atom is -0.487 e.